The van der Waals surface area contributed by atoms with Crippen molar-refractivity contribution in [3.05, 3.63) is 54.9 Å². The van der Waals surface area contributed by atoms with Crippen LogP contribution in [0.15, 0.2) is 59.8 Å². The van der Waals surface area contributed by atoms with Gasteiger partial charge in [0.25, 0.3) is 0 Å². The first-order valence-electron chi connectivity index (χ1n) is 10.3. The lowest BCUT2D eigenvalue weighted by atomic mass is 9.96. The maximum Gasteiger partial charge on any atom is 0.232 e. The van der Waals surface area contributed by atoms with E-state index < -0.39 is 0 Å². The molecule has 2 heterocycles. The molecule has 2 amide bonds. The van der Waals surface area contributed by atoms with Crippen molar-refractivity contribution in [2.24, 2.45) is 5.92 Å². The standard InChI is InChI=1S/C23H26N4O2S/c1-2-27-15-20(14-24-27)25-23(29)18-9-11-26(12-10-18)22(28)16-30-21-8-7-17-5-3-4-6-19(17)13-21/h3-8,13-15,18H,2,9-12,16H2,1H3,(H,25,29). The highest BCUT2D eigenvalue weighted by molar-refractivity contribution is 8.00. The van der Waals surface area contributed by atoms with Gasteiger partial charge in [-0.15, -0.1) is 11.8 Å². The molecular formula is C23H26N4O2S. The average molecular weight is 423 g/mol. The summed E-state index contributed by atoms with van der Waals surface area (Å²) in [5.74, 6) is 0.512. The lowest BCUT2D eigenvalue weighted by Gasteiger charge is -2.31. The Hall–Kier alpha value is -2.80. The van der Waals surface area contributed by atoms with Crippen molar-refractivity contribution in [3.8, 4) is 0 Å². The van der Waals surface area contributed by atoms with Crippen molar-refractivity contribution < 1.29 is 9.59 Å². The first-order chi connectivity index (χ1) is 14.6. The molecule has 0 saturated carbocycles. The smallest absolute Gasteiger partial charge is 0.232 e. The van der Waals surface area contributed by atoms with Gasteiger partial charge >= 0.3 is 0 Å². The minimum Gasteiger partial charge on any atom is -0.342 e. The molecule has 1 N–H and O–H groups in total. The summed E-state index contributed by atoms with van der Waals surface area (Å²) < 4.78 is 1.78. The Morgan fingerprint density at radius 2 is 1.90 bits per heavy atom. The van der Waals surface area contributed by atoms with Crippen LogP contribution in [0.3, 0.4) is 0 Å². The summed E-state index contributed by atoms with van der Waals surface area (Å²) in [6.07, 6.45) is 4.89. The van der Waals surface area contributed by atoms with Gasteiger partial charge in [0.2, 0.25) is 11.8 Å². The van der Waals surface area contributed by atoms with Crippen LogP contribution in [-0.4, -0.2) is 45.3 Å². The van der Waals surface area contributed by atoms with Crippen LogP contribution < -0.4 is 5.32 Å². The Kier molecular flexibility index (Phi) is 6.38. The number of anilines is 1. The number of carbonyl (C=O) groups is 2. The van der Waals surface area contributed by atoms with Crippen molar-refractivity contribution in [2.75, 3.05) is 24.2 Å². The van der Waals surface area contributed by atoms with E-state index in [9.17, 15) is 9.59 Å². The highest BCUT2D eigenvalue weighted by Crippen LogP contribution is 2.25. The molecule has 0 aliphatic carbocycles. The van der Waals surface area contributed by atoms with E-state index in [-0.39, 0.29) is 17.7 Å². The molecule has 0 atom stereocenters. The van der Waals surface area contributed by atoms with E-state index in [1.807, 2.05) is 30.2 Å². The molecule has 1 aliphatic rings. The molecule has 4 rings (SSSR count). The molecule has 0 unspecified atom stereocenters. The van der Waals surface area contributed by atoms with Crippen molar-refractivity contribution in [3.63, 3.8) is 0 Å². The zero-order valence-corrected chi connectivity index (χ0v) is 17.9. The average Bonchev–Trinajstić information content (AvgIpc) is 3.25. The summed E-state index contributed by atoms with van der Waals surface area (Å²) in [5.41, 5.74) is 0.729. The number of nitrogens with one attached hydrogen (secondary N) is 1. The molecule has 1 aromatic heterocycles. The van der Waals surface area contributed by atoms with Crippen LogP contribution in [0.5, 0.6) is 0 Å². The molecule has 7 heteroatoms. The van der Waals surface area contributed by atoms with Gasteiger partial charge in [0.1, 0.15) is 0 Å². The maximum absolute atomic E-state index is 12.6. The molecule has 0 bridgehead atoms. The van der Waals surface area contributed by atoms with Crippen LogP contribution in [0, 0.1) is 5.92 Å². The number of piperidine rings is 1. The molecule has 30 heavy (non-hydrogen) atoms. The molecular weight excluding hydrogens is 396 g/mol. The highest BCUT2D eigenvalue weighted by atomic mass is 32.2. The SMILES string of the molecule is CCn1cc(NC(=O)C2CCN(C(=O)CSc3ccc4ccccc4c3)CC2)cn1. The third-order valence-electron chi connectivity index (χ3n) is 5.53. The molecule has 156 valence electrons. The fourth-order valence-corrected chi connectivity index (χ4v) is 4.58. The molecule has 3 aromatic rings. The first-order valence-corrected chi connectivity index (χ1v) is 11.3. The van der Waals surface area contributed by atoms with Crippen molar-refractivity contribution in [1.82, 2.24) is 14.7 Å². The number of carbonyl (C=O) groups excluding carboxylic acids is 2. The second kappa shape index (κ2) is 9.34. The van der Waals surface area contributed by atoms with Gasteiger partial charge in [-0.3, -0.25) is 14.3 Å². The van der Waals surface area contributed by atoms with Crippen molar-refractivity contribution in [1.29, 1.82) is 0 Å². The highest BCUT2D eigenvalue weighted by Gasteiger charge is 2.27. The van der Waals surface area contributed by atoms with Gasteiger partial charge in [0.05, 0.1) is 17.6 Å². The minimum atomic E-state index is -0.0628. The van der Waals surface area contributed by atoms with Crippen molar-refractivity contribution in [2.45, 2.75) is 31.2 Å². The zero-order chi connectivity index (χ0) is 20.9. The molecule has 1 aliphatic heterocycles. The second-order valence-corrected chi connectivity index (χ2v) is 8.58. The van der Waals surface area contributed by atoms with Gasteiger partial charge in [-0.2, -0.15) is 5.10 Å². The molecule has 0 spiro atoms. The predicted octanol–water partition coefficient (Wildman–Crippen LogP) is 4.03. The molecule has 1 saturated heterocycles. The number of likely N-dealkylation sites (tertiary alicyclic amines) is 1. The number of aryl methyl sites for hydroxylation is 1. The lowest BCUT2D eigenvalue weighted by molar-refractivity contribution is -0.132. The Labute approximate surface area is 180 Å². The number of nitrogens with zero attached hydrogens (tertiary/aromatic N) is 3. The summed E-state index contributed by atoms with van der Waals surface area (Å²) in [6.45, 7) is 4.03. The zero-order valence-electron chi connectivity index (χ0n) is 17.1. The quantitative estimate of drug-likeness (QED) is 0.609. The predicted molar refractivity (Wildman–Crippen MR) is 121 cm³/mol. The Balaban J connectivity index is 1.24. The van der Waals surface area contributed by atoms with Crippen LogP contribution in [0.4, 0.5) is 5.69 Å². The third kappa shape index (κ3) is 4.84. The van der Waals surface area contributed by atoms with E-state index in [2.05, 4.69) is 40.7 Å². The molecule has 2 aromatic carbocycles. The summed E-state index contributed by atoms with van der Waals surface area (Å²) in [6, 6.07) is 14.5. The number of rotatable bonds is 6. The van der Waals surface area contributed by atoms with Gasteiger partial charge in [-0.1, -0.05) is 30.3 Å². The minimum absolute atomic E-state index is 0.0169. The Morgan fingerprint density at radius 1 is 1.13 bits per heavy atom. The number of hydrogen-bond acceptors (Lipinski definition) is 4. The van der Waals surface area contributed by atoms with Gasteiger partial charge in [-0.05, 0) is 42.7 Å². The van der Waals surface area contributed by atoms with Crippen LogP contribution in [-0.2, 0) is 16.1 Å². The van der Waals surface area contributed by atoms with Crippen LogP contribution in [0.2, 0.25) is 0 Å². The van der Waals surface area contributed by atoms with Gasteiger partial charge < -0.3 is 10.2 Å². The monoisotopic (exact) mass is 422 g/mol. The summed E-state index contributed by atoms with van der Waals surface area (Å²) >= 11 is 1.57. The topological polar surface area (TPSA) is 67.2 Å². The summed E-state index contributed by atoms with van der Waals surface area (Å²) in [4.78, 5) is 28.1. The maximum atomic E-state index is 12.6. The van der Waals surface area contributed by atoms with E-state index >= 15 is 0 Å². The fourth-order valence-electron chi connectivity index (χ4n) is 3.73. The fraction of sp³-hybridized carbons (Fsp3) is 0.348. The van der Waals surface area contributed by atoms with Gasteiger partial charge in [-0.25, -0.2) is 0 Å². The van der Waals surface area contributed by atoms with E-state index in [1.54, 1.807) is 22.6 Å². The van der Waals surface area contributed by atoms with E-state index in [1.165, 1.54) is 10.8 Å². The number of hydrogen-bond donors (Lipinski definition) is 1. The first kappa shape index (κ1) is 20.5. The van der Waals surface area contributed by atoms with E-state index in [0.717, 1.165) is 17.1 Å². The van der Waals surface area contributed by atoms with Crippen LogP contribution in [0.1, 0.15) is 19.8 Å². The number of amides is 2. The van der Waals surface area contributed by atoms with Crippen LogP contribution >= 0.6 is 11.8 Å². The van der Waals surface area contributed by atoms with Crippen LogP contribution in [0.25, 0.3) is 10.8 Å². The summed E-state index contributed by atoms with van der Waals surface area (Å²) in [7, 11) is 0. The number of aromatic nitrogens is 2. The molecule has 0 radical (unpaired) electrons. The van der Waals surface area contributed by atoms with E-state index in [4.69, 9.17) is 0 Å². The molecule has 6 nitrogen and oxygen atoms in total. The second-order valence-electron chi connectivity index (χ2n) is 7.53. The van der Waals surface area contributed by atoms with Gasteiger partial charge in [0.15, 0.2) is 0 Å². The van der Waals surface area contributed by atoms with Crippen molar-refractivity contribution >= 4 is 40.0 Å². The summed E-state index contributed by atoms with van der Waals surface area (Å²) in [5, 5.41) is 9.51. The number of thioether (sulfide) groups is 1. The largest absolute Gasteiger partial charge is 0.342 e. The lowest BCUT2D eigenvalue weighted by Crippen LogP contribution is -2.42. The normalized spacial score (nSPS) is 14.8. The Morgan fingerprint density at radius 3 is 2.63 bits per heavy atom. The number of fused-ring (bicyclic) bond motifs is 1. The Bertz CT molecular complexity index is 1040. The molecule has 1 fully saturated rings. The third-order valence-corrected chi connectivity index (χ3v) is 6.51. The number of benzene rings is 2. The van der Waals surface area contributed by atoms with Gasteiger partial charge in [0, 0.05) is 36.6 Å². The van der Waals surface area contributed by atoms with E-state index in [0.29, 0.717) is 31.7 Å².